The number of halogens is 2. The van der Waals surface area contributed by atoms with E-state index in [1.807, 2.05) is 0 Å². The number of carbonyl (C=O) groups excluding carboxylic acids is 1. The van der Waals surface area contributed by atoms with E-state index < -0.39 is 5.82 Å². The van der Waals surface area contributed by atoms with Crippen molar-refractivity contribution >= 4 is 17.5 Å². The van der Waals surface area contributed by atoms with Gasteiger partial charge in [0.05, 0.1) is 20.1 Å². The Morgan fingerprint density at radius 2 is 2.00 bits per heavy atom. The molecule has 6 nitrogen and oxygen atoms in total. The molecule has 29 heavy (non-hydrogen) atoms. The van der Waals surface area contributed by atoms with Gasteiger partial charge in [-0.1, -0.05) is 17.7 Å². The molecule has 1 aromatic heterocycles. The normalized spacial score (nSPS) is 13.3. The second-order valence-electron chi connectivity index (χ2n) is 6.91. The van der Waals surface area contributed by atoms with Crippen LogP contribution in [0.4, 0.5) is 4.39 Å². The minimum absolute atomic E-state index is 0.0929. The van der Waals surface area contributed by atoms with Gasteiger partial charge in [-0.3, -0.25) is 4.79 Å². The minimum atomic E-state index is -0.486. The molecule has 0 saturated heterocycles. The summed E-state index contributed by atoms with van der Waals surface area (Å²) >= 11 is 5.90. The van der Waals surface area contributed by atoms with Crippen LogP contribution in [0.1, 0.15) is 24.3 Å². The van der Waals surface area contributed by atoms with Crippen LogP contribution < -0.4 is 4.74 Å². The number of nitrogens with zero attached hydrogens (tertiary/aromatic N) is 3. The Kier molecular flexibility index (Phi) is 5.49. The maximum Gasteiger partial charge on any atom is 0.247 e. The van der Waals surface area contributed by atoms with E-state index in [-0.39, 0.29) is 30.7 Å². The molecular formula is C21H19ClFN3O3. The summed E-state index contributed by atoms with van der Waals surface area (Å²) in [5.74, 6) is 0.289. The molecule has 8 heteroatoms. The van der Waals surface area contributed by atoms with Crippen LogP contribution in [0.15, 0.2) is 46.9 Å². The number of ether oxygens (including phenoxy) is 1. The molecule has 0 unspecified atom stereocenters. The van der Waals surface area contributed by atoms with Crippen molar-refractivity contribution in [2.45, 2.75) is 31.8 Å². The van der Waals surface area contributed by atoms with Crippen molar-refractivity contribution in [1.82, 2.24) is 15.1 Å². The zero-order chi connectivity index (χ0) is 20.4. The zero-order valence-electron chi connectivity index (χ0n) is 15.8. The number of hydrogen-bond acceptors (Lipinski definition) is 5. The van der Waals surface area contributed by atoms with Crippen molar-refractivity contribution in [3.8, 4) is 17.2 Å². The topological polar surface area (TPSA) is 68.5 Å². The summed E-state index contributed by atoms with van der Waals surface area (Å²) < 4.78 is 24.6. The first kappa shape index (κ1) is 19.4. The van der Waals surface area contributed by atoms with Gasteiger partial charge in [0.15, 0.2) is 11.6 Å². The van der Waals surface area contributed by atoms with Crippen molar-refractivity contribution < 1.29 is 18.3 Å². The van der Waals surface area contributed by atoms with Crippen LogP contribution in [-0.4, -0.2) is 34.2 Å². The summed E-state index contributed by atoms with van der Waals surface area (Å²) in [7, 11) is 1.40. The Labute approximate surface area is 172 Å². The fraction of sp³-hybridized carbons (Fsp3) is 0.286. The minimum Gasteiger partial charge on any atom is -0.494 e. The van der Waals surface area contributed by atoms with Crippen molar-refractivity contribution in [3.63, 3.8) is 0 Å². The molecule has 1 saturated carbocycles. The molecule has 1 aliphatic rings. The van der Waals surface area contributed by atoms with Crippen molar-refractivity contribution in [2.75, 3.05) is 7.11 Å². The van der Waals surface area contributed by atoms with Gasteiger partial charge in [-0.2, -0.15) is 0 Å². The van der Waals surface area contributed by atoms with E-state index in [0.717, 1.165) is 18.4 Å². The second kappa shape index (κ2) is 8.21. The van der Waals surface area contributed by atoms with Gasteiger partial charge in [0.2, 0.25) is 17.7 Å². The third-order valence-electron chi connectivity index (χ3n) is 4.74. The highest BCUT2D eigenvalue weighted by atomic mass is 35.5. The Morgan fingerprint density at radius 1 is 1.24 bits per heavy atom. The fourth-order valence-electron chi connectivity index (χ4n) is 3.08. The molecule has 1 heterocycles. The lowest BCUT2D eigenvalue weighted by atomic mass is 10.1. The van der Waals surface area contributed by atoms with Gasteiger partial charge in [-0.05, 0) is 54.8 Å². The molecule has 150 valence electrons. The van der Waals surface area contributed by atoms with Gasteiger partial charge in [0, 0.05) is 16.6 Å². The van der Waals surface area contributed by atoms with Crippen LogP contribution in [0.5, 0.6) is 5.75 Å². The molecule has 1 aliphatic carbocycles. The number of aromatic nitrogens is 2. The van der Waals surface area contributed by atoms with Gasteiger partial charge in [0.1, 0.15) is 0 Å². The van der Waals surface area contributed by atoms with Crippen molar-refractivity contribution in [3.05, 3.63) is 64.8 Å². The standard InChI is InChI=1S/C21H19ClFN3O3/c1-28-18-9-2-13(10-17(18)23)11-20(27)26(16-7-8-16)12-19-24-25-21(29-19)14-3-5-15(22)6-4-14/h2-6,9-10,16H,7-8,11-12H2,1H3. The molecule has 2 aromatic carbocycles. The lowest BCUT2D eigenvalue weighted by Gasteiger charge is -2.20. The highest BCUT2D eigenvalue weighted by molar-refractivity contribution is 6.30. The summed E-state index contributed by atoms with van der Waals surface area (Å²) in [5, 5.41) is 8.75. The largest absolute Gasteiger partial charge is 0.494 e. The van der Waals surface area contributed by atoms with E-state index in [2.05, 4.69) is 10.2 Å². The molecule has 0 atom stereocenters. The van der Waals surface area contributed by atoms with Crippen LogP contribution in [0.3, 0.4) is 0 Å². The van der Waals surface area contributed by atoms with E-state index in [4.69, 9.17) is 20.8 Å². The molecule has 4 rings (SSSR count). The molecular weight excluding hydrogens is 397 g/mol. The summed E-state index contributed by atoms with van der Waals surface area (Å²) in [6.07, 6.45) is 1.96. The van der Waals surface area contributed by atoms with Crippen LogP contribution in [0, 0.1) is 5.82 Å². The first-order chi connectivity index (χ1) is 14.0. The number of carbonyl (C=O) groups is 1. The van der Waals surface area contributed by atoms with Crippen LogP contribution in [-0.2, 0) is 17.8 Å². The van der Waals surface area contributed by atoms with Gasteiger partial charge in [-0.15, -0.1) is 10.2 Å². The summed E-state index contributed by atoms with van der Waals surface area (Å²) in [5.41, 5.74) is 1.34. The molecule has 0 radical (unpaired) electrons. The molecule has 1 amide bonds. The van der Waals surface area contributed by atoms with Gasteiger partial charge in [0.25, 0.3) is 0 Å². The Hall–Kier alpha value is -2.93. The predicted octanol–water partition coefficient (Wildman–Crippen LogP) is 4.27. The number of methoxy groups -OCH3 is 1. The van der Waals surface area contributed by atoms with Crippen molar-refractivity contribution in [2.24, 2.45) is 0 Å². The second-order valence-corrected chi connectivity index (χ2v) is 7.34. The van der Waals surface area contributed by atoms with E-state index in [1.165, 1.54) is 19.2 Å². The maximum atomic E-state index is 13.9. The van der Waals surface area contributed by atoms with Gasteiger partial charge < -0.3 is 14.1 Å². The summed E-state index contributed by atoms with van der Waals surface area (Å²) in [6, 6.07) is 11.8. The predicted molar refractivity (Wildman–Crippen MR) is 105 cm³/mol. The first-order valence-corrected chi connectivity index (χ1v) is 9.61. The lowest BCUT2D eigenvalue weighted by molar-refractivity contribution is -0.132. The summed E-state index contributed by atoms with van der Waals surface area (Å²) in [6.45, 7) is 0.225. The smallest absolute Gasteiger partial charge is 0.247 e. The van der Waals surface area contributed by atoms with E-state index in [9.17, 15) is 9.18 Å². The first-order valence-electron chi connectivity index (χ1n) is 9.23. The number of rotatable bonds is 7. The average Bonchev–Trinajstić information content (AvgIpc) is 3.44. The quantitative estimate of drug-likeness (QED) is 0.576. The van der Waals surface area contributed by atoms with Crippen molar-refractivity contribution in [1.29, 1.82) is 0 Å². The van der Waals surface area contributed by atoms with Crippen LogP contribution >= 0.6 is 11.6 Å². The highest BCUT2D eigenvalue weighted by Gasteiger charge is 2.33. The fourth-order valence-corrected chi connectivity index (χ4v) is 3.20. The number of hydrogen-bond donors (Lipinski definition) is 0. The molecule has 0 aliphatic heterocycles. The zero-order valence-corrected chi connectivity index (χ0v) is 16.5. The van der Waals surface area contributed by atoms with Gasteiger partial charge in [-0.25, -0.2) is 4.39 Å². The van der Waals surface area contributed by atoms with Crippen LogP contribution in [0.25, 0.3) is 11.5 Å². The Balaban J connectivity index is 1.46. The monoisotopic (exact) mass is 415 g/mol. The molecule has 0 N–H and O–H groups in total. The average molecular weight is 416 g/mol. The number of benzene rings is 2. The third-order valence-corrected chi connectivity index (χ3v) is 5.00. The Morgan fingerprint density at radius 3 is 2.66 bits per heavy atom. The van der Waals surface area contributed by atoms with Gasteiger partial charge >= 0.3 is 0 Å². The summed E-state index contributed by atoms with van der Waals surface area (Å²) in [4.78, 5) is 14.6. The van der Waals surface area contributed by atoms with Crippen LogP contribution in [0.2, 0.25) is 5.02 Å². The molecule has 1 fully saturated rings. The van der Waals surface area contributed by atoms with E-state index in [0.29, 0.717) is 22.4 Å². The molecule has 0 bridgehead atoms. The maximum absolute atomic E-state index is 13.9. The van der Waals surface area contributed by atoms with E-state index in [1.54, 1.807) is 35.2 Å². The highest BCUT2D eigenvalue weighted by Crippen LogP contribution is 2.30. The lowest BCUT2D eigenvalue weighted by Crippen LogP contribution is -2.34. The number of amides is 1. The molecule has 0 spiro atoms. The Bertz CT molecular complexity index is 1020. The third kappa shape index (κ3) is 4.56. The SMILES string of the molecule is COc1ccc(CC(=O)N(Cc2nnc(-c3ccc(Cl)cc3)o2)C2CC2)cc1F. The van der Waals surface area contributed by atoms with E-state index >= 15 is 0 Å². The molecule has 3 aromatic rings.